The minimum Gasteiger partial charge on any atom is -0.340 e. The zero-order valence-corrected chi connectivity index (χ0v) is 10.2. The summed E-state index contributed by atoms with van der Waals surface area (Å²) in [6.45, 7) is 0. The molecule has 0 atom stereocenters. The summed E-state index contributed by atoms with van der Waals surface area (Å²) < 4.78 is 0. The van der Waals surface area contributed by atoms with E-state index in [4.69, 9.17) is 5.84 Å². The van der Waals surface area contributed by atoms with Crippen LogP contribution in [0.25, 0.3) is 10.9 Å². The van der Waals surface area contributed by atoms with Gasteiger partial charge in [0, 0.05) is 11.1 Å². The van der Waals surface area contributed by atoms with Crippen LogP contribution in [-0.2, 0) is 0 Å². The van der Waals surface area contributed by atoms with Crippen LogP contribution >= 0.6 is 0 Å². The number of hydrogen-bond donors (Lipinski definition) is 3. The molecule has 0 amide bonds. The number of hydrazine groups is 1. The molecule has 5 nitrogen and oxygen atoms in total. The van der Waals surface area contributed by atoms with E-state index in [0.29, 0.717) is 5.95 Å². The van der Waals surface area contributed by atoms with Crippen LogP contribution < -0.4 is 16.6 Å². The van der Waals surface area contributed by atoms with Crippen LogP contribution in [0.3, 0.4) is 0 Å². The summed E-state index contributed by atoms with van der Waals surface area (Å²) in [6.07, 6.45) is 0. The Morgan fingerprint density at radius 2 is 1.58 bits per heavy atom. The minimum atomic E-state index is 0.386. The van der Waals surface area contributed by atoms with Gasteiger partial charge in [-0.25, -0.2) is 10.8 Å². The number of nitrogens with one attached hydrogen (secondary N) is 2. The highest BCUT2D eigenvalue weighted by molar-refractivity contribution is 5.91. The maximum absolute atomic E-state index is 5.40. The van der Waals surface area contributed by atoms with Crippen molar-refractivity contribution in [2.75, 3.05) is 10.7 Å². The molecule has 19 heavy (non-hydrogen) atoms. The lowest BCUT2D eigenvalue weighted by atomic mass is 10.2. The molecule has 3 aromatic rings. The number of nitrogens with two attached hydrogens (primary N) is 1. The van der Waals surface area contributed by atoms with E-state index in [-0.39, 0.29) is 0 Å². The first-order valence-electron chi connectivity index (χ1n) is 5.92. The van der Waals surface area contributed by atoms with Crippen LogP contribution in [-0.4, -0.2) is 9.97 Å². The lowest BCUT2D eigenvalue weighted by Gasteiger charge is -2.10. The Hall–Kier alpha value is -2.66. The van der Waals surface area contributed by atoms with E-state index in [9.17, 15) is 0 Å². The number of anilines is 3. The standard InChI is InChI=1S/C14H13N5/c15-19-14-17-12-9-5-4-8-11(12)13(18-14)16-10-6-2-1-3-7-10/h1-9H,15H2,(H2,16,17,18,19). The van der Waals surface area contributed by atoms with E-state index < -0.39 is 0 Å². The SMILES string of the molecule is NNc1nc(Nc2ccccc2)c2ccccc2n1. The highest BCUT2D eigenvalue weighted by atomic mass is 15.3. The molecule has 0 aliphatic heterocycles. The molecule has 0 bridgehead atoms. The van der Waals surface area contributed by atoms with E-state index in [1.165, 1.54) is 0 Å². The highest BCUT2D eigenvalue weighted by Gasteiger charge is 2.06. The predicted octanol–water partition coefficient (Wildman–Crippen LogP) is 2.66. The molecule has 0 saturated carbocycles. The predicted molar refractivity (Wildman–Crippen MR) is 77.1 cm³/mol. The van der Waals surface area contributed by atoms with Crippen molar-refractivity contribution in [3.8, 4) is 0 Å². The van der Waals surface area contributed by atoms with Gasteiger partial charge in [0.25, 0.3) is 0 Å². The fraction of sp³-hybridized carbons (Fsp3) is 0. The molecule has 0 fully saturated rings. The van der Waals surface area contributed by atoms with Gasteiger partial charge in [-0.2, -0.15) is 4.98 Å². The molecule has 0 unspecified atom stereocenters. The van der Waals surface area contributed by atoms with Gasteiger partial charge in [0.15, 0.2) is 0 Å². The van der Waals surface area contributed by atoms with Gasteiger partial charge in [-0.1, -0.05) is 30.3 Å². The number of nitrogen functional groups attached to an aromatic ring is 1. The van der Waals surface area contributed by atoms with Crippen LogP contribution in [0.1, 0.15) is 0 Å². The highest BCUT2D eigenvalue weighted by Crippen LogP contribution is 2.24. The second-order valence-corrected chi connectivity index (χ2v) is 4.05. The fourth-order valence-corrected chi connectivity index (χ4v) is 1.89. The first-order valence-corrected chi connectivity index (χ1v) is 5.92. The van der Waals surface area contributed by atoms with Crippen molar-refractivity contribution >= 4 is 28.4 Å². The molecule has 0 aliphatic carbocycles. The number of fused-ring (bicyclic) bond motifs is 1. The maximum Gasteiger partial charge on any atom is 0.239 e. The van der Waals surface area contributed by atoms with E-state index in [0.717, 1.165) is 22.4 Å². The number of rotatable bonds is 3. The summed E-state index contributed by atoms with van der Waals surface area (Å²) >= 11 is 0. The van der Waals surface area contributed by atoms with Crippen molar-refractivity contribution in [3.63, 3.8) is 0 Å². The van der Waals surface area contributed by atoms with Crippen molar-refractivity contribution in [3.05, 3.63) is 54.6 Å². The first-order chi connectivity index (χ1) is 9.36. The van der Waals surface area contributed by atoms with Gasteiger partial charge in [0.1, 0.15) is 5.82 Å². The molecule has 0 radical (unpaired) electrons. The fourth-order valence-electron chi connectivity index (χ4n) is 1.89. The van der Waals surface area contributed by atoms with Gasteiger partial charge in [-0.3, -0.25) is 5.43 Å². The maximum atomic E-state index is 5.40. The molecule has 0 saturated heterocycles. The number of benzene rings is 2. The molecule has 0 spiro atoms. The molecular weight excluding hydrogens is 238 g/mol. The summed E-state index contributed by atoms with van der Waals surface area (Å²) in [5.74, 6) is 6.51. The van der Waals surface area contributed by atoms with E-state index >= 15 is 0 Å². The molecule has 94 valence electrons. The number of para-hydroxylation sites is 2. The Bertz CT molecular complexity index is 697. The second kappa shape index (κ2) is 4.91. The molecule has 1 heterocycles. The van der Waals surface area contributed by atoms with Crippen molar-refractivity contribution in [1.82, 2.24) is 9.97 Å². The van der Waals surface area contributed by atoms with Gasteiger partial charge in [0.2, 0.25) is 5.95 Å². The number of nitrogens with zero attached hydrogens (tertiary/aromatic N) is 2. The lowest BCUT2D eigenvalue weighted by Crippen LogP contribution is -2.11. The second-order valence-electron chi connectivity index (χ2n) is 4.05. The number of hydrogen-bond acceptors (Lipinski definition) is 5. The first kappa shape index (κ1) is 11.4. The lowest BCUT2D eigenvalue weighted by molar-refractivity contribution is 1.15. The Morgan fingerprint density at radius 1 is 0.842 bits per heavy atom. The van der Waals surface area contributed by atoms with E-state index in [1.54, 1.807) is 0 Å². The quantitative estimate of drug-likeness (QED) is 0.493. The van der Waals surface area contributed by atoms with Crippen molar-refractivity contribution in [2.45, 2.75) is 0 Å². The topological polar surface area (TPSA) is 75.9 Å². The Morgan fingerprint density at radius 3 is 2.37 bits per heavy atom. The Kier molecular flexibility index (Phi) is 2.96. The zero-order chi connectivity index (χ0) is 13.1. The van der Waals surface area contributed by atoms with Gasteiger partial charge in [-0.05, 0) is 24.3 Å². The van der Waals surface area contributed by atoms with Gasteiger partial charge in [-0.15, -0.1) is 0 Å². The molecule has 3 rings (SSSR count). The summed E-state index contributed by atoms with van der Waals surface area (Å²) in [7, 11) is 0. The molecule has 0 aliphatic rings. The zero-order valence-electron chi connectivity index (χ0n) is 10.2. The third kappa shape index (κ3) is 2.31. The van der Waals surface area contributed by atoms with E-state index in [1.807, 2.05) is 54.6 Å². The van der Waals surface area contributed by atoms with Crippen LogP contribution in [0.5, 0.6) is 0 Å². The van der Waals surface area contributed by atoms with Crippen LogP contribution in [0.4, 0.5) is 17.5 Å². The summed E-state index contributed by atoms with van der Waals surface area (Å²) in [5.41, 5.74) is 4.29. The van der Waals surface area contributed by atoms with E-state index in [2.05, 4.69) is 20.7 Å². The average molecular weight is 251 g/mol. The van der Waals surface area contributed by atoms with Crippen molar-refractivity contribution < 1.29 is 0 Å². The summed E-state index contributed by atoms with van der Waals surface area (Å²) in [4.78, 5) is 8.67. The largest absolute Gasteiger partial charge is 0.340 e. The van der Waals surface area contributed by atoms with Crippen LogP contribution in [0.15, 0.2) is 54.6 Å². The van der Waals surface area contributed by atoms with Gasteiger partial charge >= 0.3 is 0 Å². The van der Waals surface area contributed by atoms with Crippen molar-refractivity contribution in [2.24, 2.45) is 5.84 Å². The molecular formula is C14H13N5. The third-order valence-corrected chi connectivity index (χ3v) is 2.77. The number of aromatic nitrogens is 2. The Balaban J connectivity index is 2.11. The van der Waals surface area contributed by atoms with Crippen molar-refractivity contribution in [1.29, 1.82) is 0 Å². The van der Waals surface area contributed by atoms with Crippen LogP contribution in [0.2, 0.25) is 0 Å². The van der Waals surface area contributed by atoms with Gasteiger partial charge in [0.05, 0.1) is 5.52 Å². The molecule has 5 heteroatoms. The minimum absolute atomic E-state index is 0.386. The molecule has 2 aromatic carbocycles. The van der Waals surface area contributed by atoms with Gasteiger partial charge < -0.3 is 5.32 Å². The summed E-state index contributed by atoms with van der Waals surface area (Å²) in [5, 5.41) is 4.22. The summed E-state index contributed by atoms with van der Waals surface area (Å²) in [6, 6.07) is 17.6. The normalized spacial score (nSPS) is 10.4. The smallest absolute Gasteiger partial charge is 0.239 e. The van der Waals surface area contributed by atoms with Crippen LogP contribution in [0, 0.1) is 0 Å². The average Bonchev–Trinajstić information content (AvgIpc) is 2.48. The third-order valence-electron chi connectivity index (χ3n) is 2.77. The monoisotopic (exact) mass is 251 g/mol. The Labute approximate surface area is 110 Å². The molecule has 4 N–H and O–H groups in total. The molecule has 1 aromatic heterocycles.